The minimum atomic E-state index is -0.394. The number of rotatable bonds is 4. The Hall–Kier alpha value is -2.22. The number of aromatic nitrogens is 3. The Morgan fingerprint density at radius 1 is 1.48 bits per heavy atom. The molecule has 7 nitrogen and oxygen atoms in total. The maximum absolute atomic E-state index is 12.2. The number of amides is 1. The van der Waals surface area contributed by atoms with E-state index in [-0.39, 0.29) is 11.7 Å². The molecule has 1 aliphatic rings. The molecule has 0 radical (unpaired) electrons. The number of hydrogen-bond donors (Lipinski definition) is 2. The van der Waals surface area contributed by atoms with E-state index in [1.807, 2.05) is 0 Å². The molecule has 1 amide bonds. The summed E-state index contributed by atoms with van der Waals surface area (Å²) >= 11 is 1.44. The highest BCUT2D eigenvalue weighted by atomic mass is 32.1. The largest absolute Gasteiger partial charge is 0.462 e. The van der Waals surface area contributed by atoms with Gasteiger partial charge in [0.25, 0.3) is 5.91 Å². The van der Waals surface area contributed by atoms with Crippen LogP contribution >= 0.6 is 11.3 Å². The summed E-state index contributed by atoms with van der Waals surface area (Å²) in [6.45, 7) is 2.07. The second-order valence-corrected chi connectivity index (χ2v) is 5.70. The molecule has 0 saturated carbocycles. The number of anilines is 1. The first-order valence-electron chi connectivity index (χ1n) is 6.69. The fourth-order valence-electron chi connectivity index (χ4n) is 2.39. The molecule has 2 N–H and O–H groups in total. The van der Waals surface area contributed by atoms with E-state index in [1.165, 1.54) is 17.5 Å². The molecule has 0 fully saturated rings. The first-order chi connectivity index (χ1) is 10.2. The van der Waals surface area contributed by atoms with Crippen molar-refractivity contribution in [3.05, 3.63) is 27.9 Å². The number of esters is 1. The standard InChI is InChI=1S/C13H14N4O3S/c1-2-20-13(19)10-7-4-3-5-9(7)21-12(10)15-11(18)8-6-14-17-16-8/h6H,2-5H2,1H3,(H,15,18)(H,14,16,17). The monoisotopic (exact) mass is 306 g/mol. The molecule has 0 aliphatic heterocycles. The molecular formula is C13H14N4O3S. The number of aryl methyl sites for hydroxylation is 1. The summed E-state index contributed by atoms with van der Waals surface area (Å²) in [7, 11) is 0. The van der Waals surface area contributed by atoms with Gasteiger partial charge in [0.15, 0.2) is 5.69 Å². The van der Waals surface area contributed by atoms with Gasteiger partial charge in [-0.15, -0.1) is 11.3 Å². The fraction of sp³-hybridized carbons (Fsp3) is 0.385. The Balaban J connectivity index is 1.91. The number of thiophene rings is 1. The smallest absolute Gasteiger partial charge is 0.341 e. The van der Waals surface area contributed by atoms with E-state index < -0.39 is 5.91 Å². The lowest BCUT2D eigenvalue weighted by atomic mass is 10.1. The Labute approximate surface area is 124 Å². The van der Waals surface area contributed by atoms with Crippen molar-refractivity contribution in [1.29, 1.82) is 0 Å². The van der Waals surface area contributed by atoms with Gasteiger partial charge in [-0.3, -0.25) is 4.79 Å². The molecule has 2 heterocycles. The van der Waals surface area contributed by atoms with Crippen LogP contribution < -0.4 is 5.32 Å². The predicted molar refractivity (Wildman–Crippen MR) is 76.6 cm³/mol. The molecule has 2 aromatic rings. The van der Waals surface area contributed by atoms with Crippen molar-refractivity contribution >= 4 is 28.2 Å². The van der Waals surface area contributed by atoms with E-state index in [0.29, 0.717) is 17.2 Å². The van der Waals surface area contributed by atoms with Crippen LogP contribution in [0.4, 0.5) is 5.00 Å². The molecule has 0 bridgehead atoms. The van der Waals surface area contributed by atoms with E-state index in [1.54, 1.807) is 6.92 Å². The third kappa shape index (κ3) is 2.54. The van der Waals surface area contributed by atoms with Gasteiger partial charge >= 0.3 is 5.97 Å². The number of H-pyrrole nitrogens is 1. The lowest BCUT2D eigenvalue weighted by molar-refractivity contribution is 0.0527. The predicted octanol–water partition coefficient (Wildman–Crippen LogP) is 1.78. The first kappa shape index (κ1) is 13.7. The molecule has 0 saturated heterocycles. The minimum absolute atomic E-state index is 0.179. The van der Waals surface area contributed by atoms with Gasteiger partial charge in [-0.25, -0.2) is 4.79 Å². The van der Waals surface area contributed by atoms with Crippen LogP contribution in [-0.4, -0.2) is 33.9 Å². The van der Waals surface area contributed by atoms with Crippen LogP contribution in [0.1, 0.15) is 44.6 Å². The van der Waals surface area contributed by atoms with Gasteiger partial charge in [-0.05, 0) is 31.7 Å². The highest BCUT2D eigenvalue weighted by molar-refractivity contribution is 7.17. The Bertz CT molecular complexity index is 678. The number of fused-ring (bicyclic) bond motifs is 1. The zero-order chi connectivity index (χ0) is 14.8. The van der Waals surface area contributed by atoms with Gasteiger partial charge in [-0.2, -0.15) is 15.4 Å². The second kappa shape index (κ2) is 5.65. The molecule has 0 spiro atoms. The average Bonchev–Trinajstić information content (AvgIpc) is 3.14. The van der Waals surface area contributed by atoms with Crippen LogP contribution in [0.25, 0.3) is 0 Å². The van der Waals surface area contributed by atoms with E-state index in [9.17, 15) is 9.59 Å². The Morgan fingerprint density at radius 3 is 3.05 bits per heavy atom. The van der Waals surface area contributed by atoms with E-state index in [2.05, 4.69) is 20.7 Å². The van der Waals surface area contributed by atoms with Crippen molar-refractivity contribution in [3.63, 3.8) is 0 Å². The number of hydrogen-bond acceptors (Lipinski definition) is 6. The van der Waals surface area contributed by atoms with Crippen LogP contribution in [0.5, 0.6) is 0 Å². The van der Waals surface area contributed by atoms with Gasteiger partial charge in [0.1, 0.15) is 5.00 Å². The number of carbonyl (C=O) groups is 2. The molecule has 2 aromatic heterocycles. The molecular weight excluding hydrogens is 292 g/mol. The number of aromatic amines is 1. The summed E-state index contributed by atoms with van der Waals surface area (Å²) in [4.78, 5) is 25.4. The van der Waals surface area contributed by atoms with Gasteiger partial charge in [0.05, 0.1) is 18.4 Å². The van der Waals surface area contributed by atoms with Crippen molar-refractivity contribution in [3.8, 4) is 0 Å². The maximum Gasteiger partial charge on any atom is 0.341 e. The van der Waals surface area contributed by atoms with Crippen LogP contribution in [0.3, 0.4) is 0 Å². The van der Waals surface area contributed by atoms with Crippen molar-refractivity contribution in [1.82, 2.24) is 15.4 Å². The summed E-state index contributed by atoms with van der Waals surface area (Å²) in [5.41, 5.74) is 1.68. The highest BCUT2D eigenvalue weighted by Crippen LogP contribution is 2.39. The SMILES string of the molecule is CCOC(=O)c1c(NC(=O)c2cn[nH]n2)sc2c1CCC2. The van der Waals surface area contributed by atoms with Crippen molar-refractivity contribution in [2.45, 2.75) is 26.2 Å². The summed E-state index contributed by atoms with van der Waals surface area (Å²) < 4.78 is 5.11. The van der Waals surface area contributed by atoms with Crippen molar-refractivity contribution < 1.29 is 14.3 Å². The summed E-state index contributed by atoms with van der Waals surface area (Å²) in [5, 5.41) is 13.0. The number of carbonyl (C=O) groups excluding carboxylic acids is 2. The number of nitrogens with zero attached hydrogens (tertiary/aromatic N) is 2. The molecule has 21 heavy (non-hydrogen) atoms. The maximum atomic E-state index is 12.2. The molecule has 0 aromatic carbocycles. The zero-order valence-corrected chi connectivity index (χ0v) is 12.2. The molecule has 0 unspecified atom stereocenters. The Kier molecular flexibility index (Phi) is 3.70. The highest BCUT2D eigenvalue weighted by Gasteiger charge is 2.28. The Morgan fingerprint density at radius 2 is 2.33 bits per heavy atom. The lowest BCUT2D eigenvalue weighted by Crippen LogP contribution is -2.15. The molecule has 3 rings (SSSR count). The van der Waals surface area contributed by atoms with E-state index in [4.69, 9.17) is 4.74 Å². The molecule has 0 atom stereocenters. The van der Waals surface area contributed by atoms with Crippen LogP contribution in [0.2, 0.25) is 0 Å². The second-order valence-electron chi connectivity index (χ2n) is 4.59. The normalized spacial score (nSPS) is 13.0. The van der Waals surface area contributed by atoms with Gasteiger partial charge in [0.2, 0.25) is 0 Å². The van der Waals surface area contributed by atoms with Crippen LogP contribution in [0, 0.1) is 0 Å². The summed E-state index contributed by atoms with van der Waals surface area (Å²) in [5.74, 6) is -0.776. The molecule has 1 aliphatic carbocycles. The van der Waals surface area contributed by atoms with Crippen LogP contribution in [0.15, 0.2) is 6.20 Å². The van der Waals surface area contributed by atoms with Crippen LogP contribution in [-0.2, 0) is 17.6 Å². The van der Waals surface area contributed by atoms with Gasteiger partial charge < -0.3 is 10.1 Å². The number of nitrogens with one attached hydrogen (secondary N) is 2. The van der Waals surface area contributed by atoms with Crippen molar-refractivity contribution in [2.24, 2.45) is 0 Å². The topological polar surface area (TPSA) is 97.0 Å². The first-order valence-corrected chi connectivity index (χ1v) is 7.51. The lowest BCUT2D eigenvalue weighted by Gasteiger charge is -2.06. The fourth-order valence-corrected chi connectivity index (χ4v) is 3.66. The summed E-state index contributed by atoms with van der Waals surface area (Å²) in [6, 6.07) is 0. The molecule has 110 valence electrons. The third-order valence-corrected chi connectivity index (χ3v) is 4.48. The zero-order valence-electron chi connectivity index (χ0n) is 11.4. The van der Waals surface area contributed by atoms with Crippen molar-refractivity contribution in [2.75, 3.05) is 11.9 Å². The summed E-state index contributed by atoms with van der Waals surface area (Å²) in [6.07, 6.45) is 4.15. The van der Waals surface area contributed by atoms with E-state index in [0.717, 1.165) is 29.7 Å². The molecule has 8 heteroatoms. The van der Waals surface area contributed by atoms with E-state index >= 15 is 0 Å². The minimum Gasteiger partial charge on any atom is -0.462 e. The third-order valence-electron chi connectivity index (χ3n) is 3.28. The average molecular weight is 306 g/mol. The number of ether oxygens (including phenoxy) is 1. The van der Waals surface area contributed by atoms with Gasteiger partial charge in [-0.1, -0.05) is 0 Å². The van der Waals surface area contributed by atoms with Gasteiger partial charge in [0, 0.05) is 4.88 Å². The quantitative estimate of drug-likeness (QED) is 0.839.